The van der Waals surface area contributed by atoms with E-state index in [9.17, 15) is 5.11 Å². The Morgan fingerprint density at radius 2 is 2.17 bits per heavy atom. The van der Waals surface area contributed by atoms with Gasteiger partial charge in [0, 0.05) is 10.0 Å². The first kappa shape index (κ1) is 12.4. The molecule has 18 heavy (non-hydrogen) atoms. The van der Waals surface area contributed by atoms with E-state index in [1.54, 1.807) is 13.2 Å². The molecule has 0 spiro atoms. The Labute approximate surface area is 113 Å². The summed E-state index contributed by atoms with van der Waals surface area (Å²) in [5.41, 5.74) is 1.51. The molecule has 1 aromatic heterocycles. The average Bonchev–Trinajstić information content (AvgIpc) is 2.39. The molecule has 0 saturated heterocycles. The zero-order valence-electron chi connectivity index (χ0n) is 9.51. The number of rotatable bonds is 2. The van der Waals surface area contributed by atoms with Crippen molar-refractivity contribution in [3.05, 3.63) is 40.5 Å². The van der Waals surface area contributed by atoms with Crippen LogP contribution in [0.1, 0.15) is 5.56 Å². The van der Waals surface area contributed by atoms with Crippen LogP contribution in [0.4, 0.5) is 0 Å². The Hall–Kier alpha value is -2.06. The third kappa shape index (κ3) is 2.29. The summed E-state index contributed by atoms with van der Waals surface area (Å²) >= 11 is 3.38. The maximum absolute atomic E-state index is 9.44. The van der Waals surface area contributed by atoms with Crippen molar-refractivity contribution in [3.8, 4) is 28.8 Å². The quantitative estimate of drug-likeness (QED) is 0.926. The number of aromatic nitrogens is 1. The van der Waals surface area contributed by atoms with Gasteiger partial charge in [-0.3, -0.25) is 4.98 Å². The SMILES string of the molecule is COc1ccc(Br)cc1-c1cc(C#N)c(O)cn1. The molecule has 4 nitrogen and oxygen atoms in total. The highest BCUT2D eigenvalue weighted by molar-refractivity contribution is 9.10. The van der Waals surface area contributed by atoms with E-state index in [1.165, 1.54) is 12.3 Å². The van der Waals surface area contributed by atoms with Gasteiger partial charge in [0.15, 0.2) is 5.75 Å². The summed E-state index contributed by atoms with van der Waals surface area (Å²) in [6.45, 7) is 0. The van der Waals surface area contributed by atoms with Crippen molar-refractivity contribution < 1.29 is 9.84 Å². The van der Waals surface area contributed by atoms with Crippen LogP contribution in [0, 0.1) is 11.3 Å². The highest BCUT2D eigenvalue weighted by Crippen LogP contribution is 2.32. The van der Waals surface area contributed by atoms with Crippen molar-refractivity contribution in [1.82, 2.24) is 4.98 Å². The largest absolute Gasteiger partial charge is 0.505 e. The molecule has 0 atom stereocenters. The second-order valence-corrected chi connectivity index (χ2v) is 4.46. The van der Waals surface area contributed by atoms with E-state index in [0.29, 0.717) is 11.4 Å². The molecule has 0 aliphatic heterocycles. The van der Waals surface area contributed by atoms with Gasteiger partial charge < -0.3 is 9.84 Å². The molecule has 90 valence electrons. The molecule has 2 aromatic rings. The summed E-state index contributed by atoms with van der Waals surface area (Å²) in [6, 6.07) is 8.95. The fraction of sp³-hybridized carbons (Fsp3) is 0.0769. The minimum atomic E-state index is -0.129. The molecule has 0 aliphatic rings. The van der Waals surface area contributed by atoms with Gasteiger partial charge in [-0.1, -0.05) is 15.9 Å². The molecule has 2 rings (SSSR count). The lowest BCUT2D eigenvalue weighted by atomic mass is 10.1. The van der Waals surface area contributed by atoms with Crippen LogP contribution in [0.5, 0.6) is 11.5 Å². The minimum Gasteiger partial charge on any atom is -0.505 e. The van der Waals surface area contributed by atoms with Crippen molar-refractivity contribution in [2.24, 2.45) is 0 Å². The molecule has 0 fully saturated rings. The standard InChI is InChI=1S/C13H9BrN2O2/c1-18-13-3-2-9(14)5-10(13)11-4-8(6-15)12(17)7-16-11/h2-5,7,17H,1H3. The number of ether oxygens (including phenoxy) is 1. The van der Waals surface area contributed by atoms with Crippen molar-refractivity contribution in [2.45, 2.75) is 0 Å². The lowest BCUT2D eigenvalue weighted by Crippen LogP contribution is -1.91. The molecule has 1 aromatic carbocycles. The number of hydrogen-bond acceptors (Lipinski definition) is 4. The highest BCUT2D eigenvalue weighted by atomic mass is 79.9. The summed E-state index contributed by atoms with van der Waals surface area (Å²) in [4.78, 5) is 4.10. The topological polar surface area (TPSA) is 66.1 Å². The first-order chi connectivity index (χ1) is 8.65. The molecule has 1 N–H and O–H groups in total. The van der Waals surface area contributed by atoms with Crippen LogP contribution >= 0.6 is 15.9 Å². The van der Waals surface area contributed by atoms with E-state index < -0.39 is 0 Å². The van der Waals surface area contributed by atoms with Crippen LogP contribution in [0.15, 0.2) is 34.9 Å². The number of nitrogens with zero attached hydrogens (tertiary/aromatic N) is 2. The Morgan fingerprint density at radius 3 is 2.83 bits per heavy atom. The Morgan fingerprint density at radius 1 is 1.39 bits per heavy atom. The first-order valence-electron chi connectivity index (χ1n) is 5.08. The average molecular weight is 305 g/mol. The molecular weight excluding hydrogens is 296 g/mol. The van der Waals surface area contributed by atoms with Gasteiger partial charge in [-0.05, 0) is 24.3 Å². The van der Waals surface area contributed by atoms with Crippen LogP contribution in [-0.2, 0) is 0 Å². The minimum absolute atomic E-state index is 0.129. The Balaban J connectivity index is 2.62. The molecular formula is C13H9BrN2O2. The van der Waals surface area contributed by atoms with Gasteiger partial charge in [0.05, 0.1) is 24.6 Å². The number of benzene rings is 1. The molecule has 5 heteroatoms. The number of aromatic hydroxyl groups is 1. The van der Waals surface area contributed by atoms with Gasteiger partial charge in [-0.2, -0.15) is 5.26 Å². The third-order valence-corrected chi connectivity index (χ3v) is 2.93. The van der Waals surface area contributed by atoms with Crippen molar-refractivity contribution >= 4 is 15.9 Å². The zero-order chi connectivity index (χ0) is 13.1. The fourth-order valence-corrected chi connectivity index (χ4v) is 1.93. The van der Waals surface area contributed by atoms with E-state index in [-0.39, 0.29) is 11.3 Å². The highest BCUT2D eigenvalue weighted by Gasteiger charge is 2.10. The Kier molecular flexibility index (Phi) is 3.49. The van der Waals surface area contributed by atoms with Gasteiger partial charge >= 0.3 is 0 Å². The lowest BCUT2D eigenvalue weighted by molar-refractivity contribution is 0.416. The molecule has 0 radical (unpaired) electrons. The maximum Gasteiger partial charge on any atom is 0.151 e. The predicted molar refractivity (Wildman–Crippen MR) is 70.3 cm³/mol. The zero-order valence-corrected chi connectivity index (χ0v) is 11.1. The summed E-state index contributed by atoms with van der Waals surface area (Å²) in [5.74, 6) is 0.524. The predicted octanol–water partition coefficient (Wildman–Crippen LogP) is 3.10. The molecule has 0 aliphatic carbocycles. The second kappa shape index (κ2) is 5.07. The van der Waals surface area contributed by atoms with Crippen LogP contribution in [0.3, 0.4) is 0 Å². The number of methoxy groups -OCH3 is 1. The van der Waals surface area contributed by atoms with Gasteiger partial charge in [-0.25, -0.2) is 0 Å². The van der Waals surface area contributed by atoms with Crippen LogP contribution in [0.25, 0.3) is 11.3 Å². The Bertz CT molecular complexity index is 635. The molecule has 0 saturated carbocycles. The lowest BCUT2D eigenvalue weighted by Gasteiger charge is -2.09. The van der Waals surface area contributed by atoms with E-state index in [1.807, 2.05) is 18.2 Å². The van der Waals surface area contributed by atoms with Crippen molar-refractivity contribution in [1.29, 1.82) is 5.26 Å². The number of halogens is 1. The first-order valence-corrected chi connectivity index (χ1v) is 5.88. The number of nitriles is 1. The van der Waals surface area contributed by atoms with Gasteiger partial charge in [-0.15, -0.1) is 0 Å². The van der Waals surface area contributed by atoms with Crippen LogP contribution < -0.4 is 4.74 Å². The normalized spacial score (nSPS) is 9.83. The maximum atomic E-state index is 9.44. The molecule has 0 bridgehead atoms. The second-order valence-electron chi connectivity index (χ2n) is 3.54. The summed E-state index contributed by atoms with van der Waals surface area (Å²) in [5, 5.41) is 18.3. The third-order valence-electron chi connectivity index (χ3n) is 2.44. The van der Waals surface area contributed by atoms with Crippen LogP contribution in [-0.4, -0.2) is 17.2 Å². The van der Waals surface area contributed by atoms with Gasteiger partial charge in [0.1, 0.15) is 11.8 Å². The molecule has 0 amide bonds. The fourth-order valence-electron chi connectivity index (χ4n) is 1.57. The number of hydrogen-bond donors (Lipinski definition) is 1. The van der Waals surface area contributed by atoms with E-state index in [2.05, 4.69) is 20.9 Å². The van der Waals surface area contributed by atoms with E-state index >= 15 is 0 Å². The van der Waals surface area contributed by atoms with E-state index in [4.69, 9.17) is 10.00 Å². The number of pyridine rings is 1. The van der Waals surface area contributed by atoms with Crippen LogP contribution in [0.2, 0.25) is 0 Å². The summed E-state index contributed by atoms with van der Waals surface area (Å²) in [6.07, 6.45) is 1.26. The smallest absolute Gasteiger partial charge is 0.151 e. The molecule has 1 heterocycles. The van der Waals surface area contributed by atoms with Crippen molar-refractivity contribution in [3.63, 3.8) is 0 Å². The van der Waals surface area contributed by atoms with E-state index in [0.717, 1.165) is 10.0 Å². The van der Waals surface area contributed by atoms with Crippen molar-refractivity contribution in [2.75, 3.05) is 7.11 Å². The van der Waals surface area contributed by atoms with Gasteiger partial charge in [0.2, 0.25) is 0 Å². The summed E-state index contributed by atoms with van der Waals surface area (Å²) < 4.78 is 6.13. The monoisotopic (exact) mass is 304 g/mol. The molecule has 0 unspecified atom stereocenters. The van der Waals surface area contributed by atoms with Gasteiger partial charge in [0.25, 0.3) is 0 Å². The summed E-state index contributed by atoms with van der Waals surface area (Å²) in [7, 11) is 1.57.